The zero-order valence-electron chi connectivity index (χ0n) is 6.22. The van der Waals surface area contributed by atoms with E-state index in [1.54, 1.807) is 11.9 Å². The van der Waals surface area contributed by atoms with Crippen molar-refractivity contribution >= 4 is 6.03 Å². The van der Waals surface area contributed by atoms with E-state index in [0.717, 1.165) is 0 Å². The third-order valence-electron chi connectivity index (χ3n) is 1.69. The maximum absolute atomic E-state index is 10.9. The molecule has 0 aromatic rings. The van der Waals surface area contributed by atoms with E-state index in [4.69, 9.17) is 5.11 Å². The van der Waals surface area contributed by atoms with Crippen LogP contribution in [-0.2, 0) is 0 Å². The highest BCUT2D eigenvalue weighted by Gasteiger charge is 2.35. The van der Waals surface area contributed by atoms with Gasteiger partial charge in [-0.15, -0.1) is 0 Å². The Morgan fingerprint density at radius 2 is 2.50 bits per heavy atom. The maximum Gasteiger partial charge on any atom is 0.317 e. The fourth-order valence-corrected chi connectivity index (χ4v) is 1.08. The van der Waals surface area contributed by atoms with Gasteiger partial charge in [0.25, 0.3) is 0 Å². The molecule has 0 aliphatic carbocycles. The Hall–Kier alpha value is -0.770. The molecule has 1 aliphatic heterocycles. The minimum Gasteiger partial charge on any atom is -0.394 e. The number of aliphatic hydroxyl groups excluding tert-OH is 1. The van der Waals surface area contributed by atoms with Gasteiger partial charge >= 0.3 is 6.03 Å². The molecule has 1 saturated heterocycles. The Morgan fingerprint density at radius 3 is 2.70 bits per heavy atom. The van der Waals surface area contributed by atoms with Crippen LogP contribution in [-0.4, -0.2) is 41.8 Å². The first kappa shape index (κ1) is 7.34. The molecule has 4 nitrogen and oxygen atoms in total. The lowest BCUT2D eigenvalue weighted by molar-refractivity contribution is 0.194. The van der Waals surface area contributed by atoms with E-state index in [1.807, 2.05) is 6.92 Å². The average molecular weight is 144 g/mol. The summed E-state index contributed by atoms with van der Waals surface area (Å²) in [5.74, 6) is 0. The number of hydrogen-bond acceptors (Lipinski definition) is 2. The van der Waals surface area contributed by atoms with Gasteiger partial charge in [-0.25, -0.2) is 4.79 Å². The molecule has 0 aromatic carbocycles. The molecule has 0 aromatic heterocycles. The number of likely N-dealkylation sites (N-methyl/N-ethyl adjacent to an activating group) is 1. The van der Waals surface area contributed by atoms with Crippen molar-refractivity contribution in [3.63, 3.8) is 0 Å². The number of carbonyl (C=O) groups excluding carboxylic acids is 1. The summed E-state index contributed by atoms with van der Waals surface area (Å²) in [7, 11) is 1.70. The van der Waals surface area contributed by atoms with E-state index < -0.39 is 5.54 Å². The lowest BCUT2D eigenvalue weighted by Crippen LogP contribution is -2.43. The number of amides is 2. The standard InChI is InChI=1S/C6H12N2O2/c1-6(4-9)3-8(2)5(10)7-6/h9H,3-4H2,1-2H3,(H,7,10). The zero-order valence-corrected chi connectivity index (χ0v) is 6.22. The van der Waals surface area contributed by atoms with Gasteiger partial charge < -0.3 is 15.3 Å². The molecule has 10 heavy (non-hydrogen) atoms. The topological polar surface area (TPSA) is 52.6 Å². The molecule has 1 rings (SSSR count). The summed E-state index contributed by atoms with van der Waals surface area (Å²) in [6, 6.07) is -0.114. The van der Waals surface area contributed by atoms with Crippen molar-refractivity contribution in [2.75, 3.05) is 20.2 Å². The number of hydrogen-bond donors (Lipinski definition) is 2. The molecule has 1 fully saturated rings. The molecular weight excluding hydrogens is 132 g/mol. The lowest BCUT2D eigenvalue weighted by atomic mass is 10.1. The van der Waals surface area contributed by atoms with Crippen molar-refractivity contribution in [2.24, 2.45) is 0 Å². The predicted octanol–water partition coefficient (Wildman–Crippen LogP) is -0.608. The van der Waals surface area contributed by atoms with Crippen molar-refractivity contribution in [3.8, 4) is 0 Å². The molecule has 0 spiro atoms. The van der Waals surface area contributed by atoms with Gasteiger partial charge in [-0.2, -0.15) is 0 Å². The fraction of sp³-hybridized carbons (Fsp3) is 0.833. The van der Waals surface area contributed by atoms with Gasteiger partial charge in [0.05, 0.1) is 12.1 Å². The molecule has 2 N–H and O–H groups in total. The molecule has 4 heteroatoms. The van der Waals surface area contributed by atoms with Gasteiger partial charge in [-0.05, 0) is 6.92 Å². The maximum atomic E-state index is 10.9. The van der Waals surface area contributed by atoms with Crippen LogP contribution >= 0.6 is 0 Å². The lowest BCUT2D eigenvalue weighted by Gasteiger charge is -2.18. The summed E-state index contributed by atoms with van der Waals surface area (Å²) >= 11 is 0. The van der Waals surface area contributed by atoms with E-state index >= 15 is 0 Å². The molecule has 2 amide bonds. The monoisotopic (exact) mass is 144 g/mol. The summed E-state index contributed by atoms with van der Waals surface area (Å²) in [4.78, 5) is 12.4. The highest BCUT2D eigenvalue weighted by Crippen LogP contribution is 2.11. The minimum absolute atomic E-state index is 0.0108. The number of nitrogens with zero attached hydrogens (tertiary/aromatic N) is 1. The Labute approximate surface area is 59.8 Å². The molecule has 1 aliphatic rings. The molecule has 0 saturated carbocycles. The normalized spacial score (nSPS) is 32.7. The molecule has 0 bridgehead atoms. The van der Waals surface area contributed by atoms with Gasteiger partial charge in [0, 0.05) is 13.6 Å². The van der Waals surface area contributed by atoms with Crippen LogP contribution in [0.5, 0.6) is 0 Å². The first-order chi connectivity index (χ1) is 4.57. The Morgan fingerprint density at radius 1 is 1.90 bits per heavy atom. The van der Waals surface area contributed by atoms with E-state index in [0.29, 0.717) is 6.54 Å². The van der Waals surface area contributed by atoms with Gasteiger partial charge in [0.2, 0.25) is 0 Å². The first-order valence-corrected chi connectivity index (χ1v) is 3.21. The number of aliphatic hydroxyl groups is 1. The number of rotatable bonds is 1. The van der Waals surface area contributed by atoms with E-state index in [1.165, 1.54) is 0 Å². The van der Waals surface area contributed by atoms with Crippen LogP contribution in [0.15, 0.2) is 0 Å². The second-order valence-corrected chi connectivity index (χ2v) is 3.00. The van der Waals surface area contributed by atoms with Crippen molar-refractivity contribution < 1.29 is 9.90 Å². The van der Waals surface area contributed by atoms with Crippen LogP contribution in [0.4, 0.5) is 4.79 Å². The number of nitrogens with one attached hydrogen (secondary N) is 1. The van der Waals surface area contributed by atoms with Crippen LogP contribution < -0.4 is 5.32 Å². The SMILES string of the molecule is CN1CC(C)(CO)NC1=O. The Bertz CT molecular complexity index is 160. The fourth-order valence-electron chi connectivity index (χ4n) is 1.08. The van der Waals surface area contributed by atoms with Crippen molar-refractivity contribution in [3.05, 3.63) is 0 Å². The zero-order chi connectivity index (χ0) is 7.78. The van der Waals surface area contributed by atoms with Crippen molar-refractivity contribution in [1.82, 2.24) is 10.2 Å². The smallest absolute Gasteiger partial charge is 0.317 e. The van der Waals surface area contributed by atoms with E-state index in [2.05, 4.69) is 5.32 Å². The van der Waals surface area contributed by atoms with Gasteiger partial charge in [-0.1, -0.05) is 0 Å². The second kappa shape index (κ2) is 2.12. The average Bonchev–Trinajstić information content (AvgIpc) is 2.10. The van der Waals surface area contributed by atoms with Crippen LogP contribution in [0.25, 0.3) is 0 Å². The van der Waals surface area contributed by atoms with Gasteiger partial charge in [0.15, 0.2) is 0 Å². The van der Waals surface area contributed by atoms with Gasteiger partial charge in [-0.3, -0.25) is 0 Å². The van der Waals surface area contributed by atoms with Crippen LogP contribution in [0, 0.1) is 0 Å². The summed E-state index contributed by atoms with van der Waals surface area (Å²) < 4.78 is 0. The van der Waals surface area contributed by atoms with Crippen LogP contribution in [0.2, 0.25) is 0 Å². The Kier molecular flexibility index (Phi) is 1.56. The van der Waals surface area contributed by atoms with E-state index in [-0.39, 0.29) is 12.6 Å². The third-order valence-corrected chi connectivity index (χ3v) is 1.69. The van der Waals surface area contributed by atoms with Crippen LogP contribution in [0.3, 0.4) is 0 Å². The first-order valence-electron chi connectivity index (χ1n) is 3.21. The van der Waals surface area contributed by atoms with Gasteiger partial charge in [0.1, 0.15) is 0 Å². The molecule has 1 heterocycles. The molecule has 1 unspecified atom stereocenters. The summed E-state index contributed by atoms with van der Waals surface area (Å²) in [5, 5.41) is 11.5. The Balaban J connectivity index is 2.64. The third kappa shape index (κ3) is 1.07. The summed E-state index contributed by atoms with van der Waals surface area (Å²) in [5.41, 5.74) is -0.439. The molecular formula is C6H12N2O2. The molecule has 1 atom stereocenters. The highest BCUT2D eigenvalue weighted by molar-refractivity contribution is 5.77. The quantitative estimate of drug-likeness (QED) is 0.516. The molecule has 58 valence electrons. The number of carbonyl (C=O) groups is 1. The highest BCUT2D eigenvalue weighted by atomic mass is 16.3. The van der Waals surface area contributed by atoms with Crippen molar-refractivity contribution in [1.29, 1.82) is 0 Å². The predicted molar refractivity (Wildman–Crippen MR) is 36.7 cm³/mol. The minimum atomic E-state index is -0.439. The largest absolute Gasteiger partial charge is 0.394 e. The molecule has 0 radical (unpaired) electrons. The summed E-state index contributed by atoms with van der Waals surface area (Å²) in [6.45, 7) is 2.37. The number of urea groups is 1. The second-order valence-electron chi connectivity index (χ2n) is 3.00. The summed E-state index contributed by atoms with van der Waals surface area (Å²) in [6.07, 6.45) is 0. The van der Waals surface area contributed by atoms with Crippen LogP contribution in [0.1, 0.15) is 6.92 Å². The van der Waals surface area contributed by atoms with E-state index in [9.17, 15) is 4.79 Å². The van der Waals surface area contributed by atoms with Crippen molar-refractivity contribution in [2.45, 2.75) is 12.5 Å².